The van der Waals surface area contributed by atoms with Crippen LogP contribution < -0.4 is 4.74 Å². The highest BCUT2D eigenvalue weighted by Gasteiger charge is 2.10. The number of thioether (sulfide) groups is 1. The van der Waals surface area contributed by atoms with Gasteiger partial charge in [-0.1, -0.05) is 27.7 Å². The fourth-order valence-electron chi connectivity index (χ4n) is 1.21. The molecule has 0 amide bonds. The van der Waals surface area contributed by atoms with Crippen molar-refractivity contribution in [3.05, 3.63) is 34.6 Å². The van der Waals surface area contributed by atoms with E-state index in [0.29, 0.717) is 16.9 Å². The number of methoxy groups -OCH3 is 1. The van der Waals surface area contributed by atoms with Gasteiger partial charge in [0.15, 0.2) is 6.61 Å². The van der Waals surface area contributed by atoms with Crippen LogP contribution in [0.3, 0.4) is 0 Å². The number of carbonyl (C=O) groups is 1. The number of hydrogen-bond donors (Lipinski definition) is 0. The van der Waals surface area contributed by atoms with E-state index in [-0.39, 0.29) is 18.3 Å². The molecule has 1 aromatic carbocycles. The Labute approximate surface area is 128 Å². The molecule has 0 bridgehead atoms. The minimum atomic E-state index is -0.346. The van der Waals surface area contributed by atoms with Crippen LogP contribution in [0.5, 0.6) is 5.75 Å². The van der Waals surface area contributed by atoms with Crippen LogP contribution in [0.4, 0.5) is 0 Å². The second-order valence-electron chi connectivity index (χ2n) is 3.57. The largest absolute Gasteiger partial charge is 0.484 e. The molecule has 0 aliphatic heterocycles. The highest BCUT2D eigenvalue weighted by atomic mass is 79.9. The molecule has 0 saturated carbocycles. The second-order valence-corrected chi connectivity index (χ2v) is 5.41. The molecule has 0 N–H and O–H groups in total. The quantitative estimate of drug-likeness (QED) is 0.580. The number of ether oxygens (including phenoxy) is 2. The van der Waals surface area contributed by atoms with Crippen LogP contribution in [0, 0.1) is 0 Å². The summed E-state index contributed by atoms with van der Waals surface area (Å²) in [6.45, 7) is 0.174. The minimum Gasteiger partial charge on any atom is -0.484 e. The zero-order valence-corrected chi connectivity index (χ0v) is 12.9. The molecule has 0 spiro atoms. The average Bonchev–Trinajstić information content (AvgIpc) is 2.92. The van der Waals surface area contributed by atoms with Gasteiger partial charge in [-0.25, -0.2) is 0 Å². The van der Waals surface area contributed by atoms with Crippen molar-refractivity contribution in [2.75, 3.05) is 12.9 Å². The average molecular weight is 359 g/mol. The molecule has 8 heteroatoms. The number of carbonyl (C=O) groups excluding carboxylic acids is 1. The van der Waals surface area contributed by atoms with E-state index < -0.39 is 0 Å². The van der Waals surface area contributed by atoms with Crippen LogP contribution in [0.15, 0.2) is 38.4 Å². The third kappa shape index (κ3) is 4.53. The highest BCUT2D eigenvalue weighted by Crippen LogP contribution is 2.19. The summed E-state index contributed by atoms with van der Waals surface area (Å²) in [5.74, 6) is 0.836. The van der Waals surface area contributed by atoms with Gasteiger partial charge in [-0.2, -0.15) is 0 Å². The Balaban J connectivity index is 1.83. The number of esters is 1. The molecule has 0 aliphatic carbocycles. The fraction of sp³-hybridized carbons (Fsp3) is 0.250. The molecule has 6 nitrogen and oxygen atoms in total. The summed E-state index contributed by atoms with van der Waals surface area (Å²) in [5.41, 5.74) is 0. The first-order chi connectivity index (χ1) is 9.67. The zero-order chi connectivity index (χ0) is 14.4. The number of aromatic nitrogens is 2. The zero-order valence-electron chi connectivity index (χ0n) is 10.5. The third-order valence-electron chi connectivity index (χ3n) is 2.17. The van der Waals surface area contributed by atoms with Gasteiger partial charge in [0.05, 0.1) is 7.11 Å². The van der Waals surface area contributed by atoms with Crippen molar-refractivity contribution in [2.24, 2.45) is 0 Å². The summed E-state index contributed by atoms with van der Waals surface area (Å²) in [7, 11) is 1.33. The molecule has 0 unspecified atom stereocenters. The standard InChI is InChI=1S/C12H11BrN2O4S/c1-17-11(16)7-20-12-15-14-10(19-12)6-18-9-4-2-8(13)3-5-9/h2-5H,6-7H2,1H3. The predicted molar refractivity (Wildman–Crippen MR) is 75.5 cm³/mol. The van der Waals surface area contributed by atoms with E-state index in [0.717, 1.165) is 16.2 Å². The molecule has 0 atom stereocenters. The molecule has 2 rings (SSSR count). The Hall–Kier alpha value is -1.54. The van der Waals surface area contributed by atoms with Crippen molar-refractivity contribution in [1.82, 2.24) is 10.2 Å². The summed E-state index contributed by atoms with van der Waals surface area (Å²) >= 11 is 4.46. The van der Waals surface area contributed by atoms with E-state index in [1.807, 2.05) is 24.3 Å². The maximum atomic E-state index is 11.0. The highest BCUT2D eigenvalue weighted by molar-refractivity contribution is 9.10. The number of rotatable bonds is 6. The minimum absolute atomic E-state index is 0.131. The van der Waals surface area contributed by atoms with E-state index in [2.05, 4.69) is 30.9 Å². The summed E-state index contributed by atoms with van der Waals surface area (Å²) in [6, 6.07) is 7.41. The lowest BCUT2D eigenvalue weighted by Crippen LogP contribution is -2.02. The first kappa shape index (κ1) is 14.9. The van der Waals surface area contributed by atoms with Crippen molar-refractivity contribution < 1.29 is 18.7 Å². The Morgan fingerprint density at radius 2 is 2.10 bits per heavy atom. The molecule has 0 fully saturated rings. The smallest absolute Gasteiger partial charge is 0.316 e. The van der Waals surface area contributed by atoms with Gasteiger partial charge in [0.2, 0.25) is 0 Å². The van der Waals surface area contributed by atoms with Crippen LogP contribution in [-0.2, 0) is 16.1 Å². The lowest BCUT2D eigenvalue weighted by Gasteiger charge is -2.02. The summed E-state index contributed by atoms with van der Waals surface area (Å²) in [5, 5.41) is 7.94. The van der Waals surface area contributed by atoms with Crippen LogP contribution >= 0.6 is 27.7 Å². The fourth-order valence-corrected chi connectivity index (χ4v) is 2.09. The number of benzene rings is 1. The van der Waals surface area contributed by atoms with Gasteiger partial charge in [-0.3, -0.25) is 4.79 Å². The number of halogens is 1. The lowest BCUT2D eigenvalue weighted by molar-refractivity contribution is -0.137. The molecular weight excluding hydrogens is 348 g/mol. The summed E-state index contributed by atoms with van der Waals surface area (Å²) in [6.07, 6.45) is 0. The van der Waals surface area contributed by atoms with Gasteiger partial charge in [0.1, 0.15) is 11.5 Å². The van der Waals surface area contributed by atoms with E-state index in [1.54, 1.807) is 0 Å². The monoisotopic (exact) mass is 358 g/mol. The SMILES string of the molecule is COC(=O)CSc1nnc(COc2ccc(Br)cc2)o1. The topological polar surface area (TPSA) is 74.5 Å². The molecule has 1 heterocycles. The Morgan fingerprint density at radius 1 is 1.35 bits per heavy atom. The molecule has 0 radical (unpaired) electrons. The third-order valence-corrected chi connectivity index (χ3v) is 3.49. The molecule has 0 saturated heterocycles. The van der Waals surface area contributed by atoms with Gasteiger partial charge >= 0.3 is 5.97 Å². The van der Waals surface area contributed by atoms with Crippen molar-refractivity contribution in [3.63, 3.8) is 0 Å². The Morgan fingerprint density at radius 3 is 2.80 bits per heavy atom. The molecule has 106 valence electrons. The summed E-state index contributed by atoms with van der Waals surface area (Å²) in [4.78, 5) is 11.0. The maximum absolute atomic E-state index is 11.0. The van der Waals surface area contributed by atoms with E-state index >= 15 is 0 Å². The van der Waals surface area contributed by atoms with Crippen LogP contribution in [0.1, 0.15) is 5.89 Å². The van der Waals surface area contributed by atoms with Gasteiger partial charge in [0.25, 0.3) is 11.1 Å². The van der Waals surface area contributed by atoms with E-state index in [4.69, 9.17) is 9.15 Å². The van der Waals surface area contributed by atoms with Crippen LogP contribution in [0.2, 0.25) is 0 Å². The first-order valence-corrected chi connectivity index (χ1v) is 7.35. The lowest BCUT2D eigenvalue weighted by atomic mass is 10.3. The number of nitrogens with zero attached hydrogens (tertiary/aromatic N) is 2. The normalized spacial score (nSPS) is 10.3. The molecule has 2 aromatic rings. The number of hydrogen-bond acceptors (Lipinski definition) is 7. The Bertz CT molecular complexity index is 573. The van der Waals surface area contributed by atoms with Gasteiger partial charge in [-0.05, 0) is 24.3 Å². The van der Waals surface area contributed by atoms with Crippen molar-refractivity contribution >= 4 is 33.7 Å². The van der Waals surface area contributed by atoms with Gasteiger partial charge < -0.3 is 13.9 Å². The molecular formula is C12H11BrN2O4S. The van der Waals surface area contributed by atoms with Crippen LogP contribution in [-0.4, -0.2) is 29.0 Å². The Kier molecular flexibility index (Phi) is 5.42. The molecule has 1 aromatic heterocycles. The van der Waals surface area contributed by atoms with Crippen molar-refractivity contribution in [1.29, 1.82) is 0 Å². The second kappa shape index (κ2) is 7.30. The molecule has 0 aliphatic rings. The van der Waals surface area contributed by atoms with E-state index in [1.165, 1.54) is 7.11 Å². The van der Waals surface area contributed by atoms with Crippen molar-refractivity contribution in [3.8, 4) is 5.75 Å². The maximum Gasteiger partial charge on any atom is 0.316 e. The van der Waals surface area contributed by atoms with Gasteiger partial charge in [-0.15, -0.1) is 10.2 Å². The van der Waals surface area contributed by atoms with Crippen LogP contribution in [0.25, 0.3) is 0 Å². The molecule has 20 heavy (non-hydrogen) atoms. The van der Waals surface area contributed by atoms with Gasteiger partial charge in [0, 0.05) is 4.47 Å². The predicted octanol–water partition coefficient (Wildman–Crippen LogP) is 2.68. The van der Waals surface area contributed by atoms with E-state index in [9.17, 15) is 4.79 Å². The summed E-state index contributed by atoms with van der Waals surface area (Å²) < 4.78 is 16.3. The van der Waals surface area contributed by atoms with Crippen molar-refractivity contribution in [2.45, 2.75) is 11.8 Å². The first-order valence-electron chi connectivity index (χ1n) is 5.58.